The molecule has 110 valence electrons. The maximum absolute atomic E-state index is 11.6. The van der Waals surface area contributed by atoms with E-state index in [4.69, 9.17) is 9.84 Å². The number of hydrogen-bond acceptors (Lipinski definition) is 3. The van der Waals surface area contributed by atoms with Crippen molar-refractivity contribution in [3.05, 3.63) is 29.3 Å². The van der Waals surface area contributed by atoms with Crippen LogP contribution in [0.2, 0.25) is 0 Å². The van der Waals surface area contributed by atoms with Gasteiger partial charge < -0.3 is 15.2 Å². The number of carbonyl (C=O) groups excluding carboxylic acids is 1. The first kappa shape index (κ1) is 16.0. The molecule has 0 spiro atoms. The Balaban J connectivity index is 2.33. The molecule has 0 unspecified atom stereocenters. The second-order valence-corrected chi connectivity index (χ2v) is 4.74. The number of aryl methyl sites for hydroxylation is 1. The third-order valence-corrected chi connectivity index (χ3v) is 2.88. The number of methoxy groups -OCH3 is 1. The van der Waals surface area contributed by atoms with Crippen molar-refractivity contribution in [1.29, 1.82) is 0 Å². The number of amides is 1. The van der Waals surface area contributed by atoms with Crippen LogP contribution in [0.15, 0.2) is 18.2 Å². The molecular formula is C15H21NO4. The van der Waals surface area contributed by atoms with Crippen LogP contribution in [0.25, 0.3) is 0 Å². The van der Waals surface area contributed by atoms with Gasteiger partial charge in [0.1, 0.15) is 5.75 Å². The minimum atomic E-state index is -0.822. The number of aliphatic carboxylic acids is 1. The Bertz CT molecular complexity index is 471. The number of carbonyl (C=O) groups is 2. The van der Waals surface area contributed by atoms with Crippen molar-refractivity contribution in [3.8, 4) is 5.75 Å². The number of carboxylic acid groups (broad SMARTS) is 1. The number of hydrogen-bond donors (Lipinski definition) is 2. The summed E-state index contributed by atoms with van der Waals surface area (Å²) in [7, 11) is 1.61. The molecule has 5 heteroatoms. The van der Waals surface area contributed by atoms with Gasteiger partial charge in [-0.25, -0.2) is 0 Å². The molecule has 0 aliphatic carbocycles. The monoisotopic (exact) mass is 279 g/mol. The third kappa shape index (κ3) is 6.22. The van der Waals surface area contributed by atoms with Crippen LogP contribution in [-0.4, -0.2) is 24.1 Å². The molecule has 1 rings (SSSR count). The molecule has 0 fully saturated rings. The molecular weight excluding hydrogens is 258 g/mol. The van der Waals surface area contributed by atoms with Crippen molar-refractivity contribution >= 4 is 11.9 Å². The molecule has 0 saturated carbocycles. The number of carboxylic acids is 1. The van der Waals surface area contributed by atoms with Crippen molar-refractivity contribution in [1.82, 2.24) is 5.32 Å². The summed E-state index contributed by atoms with van der Waals surface area (Å²) in [5.74, 6) is -0.108. The Morgan fingerprint density at radius 2 is 1.90 bits per heavy atom. The van der Waals surface area contributed by atoms with Crippen molar-refractivity contribution in [2.24, 2.45) is 0 Å². The average molecular weight is 279 g/mol. The lowest BCUT2D eigenvalue weighted by Crippen LogP contribution is -2.22. The van der Waals surface area contributed by atoms with Crippen LogP contribution in [0.1, 0.15) is 36.8 Å². The Morgan fingerprint density at radius 3 is 2.55 bits per heavy atom. The Labute approximate surface area is 118 Å². The van der Waals surface area contributed by atoms with Crippen molar-refractivity contribution in [3.63, 3.8) is 0 Å². The summed E-state index contributed by atoms with van der Waals surface area (Å²) in [6.45, 7) is 2.43. The highest BCUT2D eigenvalue weighted by Crippen LogP contribution is 2.16. The van der Waals surface area contributed by atoms with Crippen LogP contribution in [0.4, 0.5) is 0 Å². The molecule has 0 aromatic heterocycles. The maximum atomic E-state index is 11.6. The van der Waals surface area contributed by atoms with Crippen LogP contribution < -0.4 is 10.1 Å². The summed E-state index contributed by atoms with van der Waals surface area (Å²) in [5.41, 5.74) is 2.07. The van der Waals surface area contributed by atoms with Crippen molar-refractivity contribution in [2.45, 2.75) is 39.2 Å². The van der Waals surface area contributed by atoms with E-state index in [-0.39, 0.29) is 12.3 Å². The van der Waals surface area contributed by atoms with E-state index in [1.165, 1.54) is 0 Å². The maximum Gasteiger partial charge on any atom is 0.303 e. The largest absolute Gasteiger partial charge is 0.497 e. The van der Waals surface area contributed by atoms with E-state index in [1.54, 1.807) is 7.11 Å². The quantitative estimate of drug-likeness (QED) is 0.716. The van der Waals surface area contributed by atoms with Crippen LogP contribution >= 0.6 is 0 Å². The molecule has 0 aliphatic rings. The number of benzene rings is 1. The zero-order valence-corrected chi connectivity index (χ0v) is 11.9. The summed E-state index contributed by atoms with van der Waals surface area (Å²) in [4.78, 5) is 21.9. The average Bonchev–Trinajstić information content (AvgIpc) is 2.40. The zero-order valence-electron chi connectivity index (χ0n) is 11.9. The van der Waals surface area contributed by atoms with Gasteiger partial charge in [-0.2, -0.15) is 0 Å². The van der Waals surface area contributed by atoms with Gasteiger partial charge in [0.05, 0.1) is 7.11 Å². The zero-order chi connectivity index (χ0) is 15.0. The summed E-state index contributed by atoms with van der Waals surface area (Å²) < 4.78 is 5.18. The van der Waals surface area contributed by atoms with Crippen LogP contribution in [0.5, 0.6) is 5.75 Å². The highest BCUT2D eigenvalue weighted by atomic mass is 16.5. The molecule has 0 aliphatic heterocycles. The number of rotatable bonds is 8. The Morgan fingerprint density at radius 1 is 1.20 bits per heavy atom. The van der Waals surface area contributed by atoms with Gasteiger partial charge in [0.15, 0.2) is 0 Å². The van der Waals surface area contributed by atoms with Gasteiger partial charge in [0.25, 0.3) is 0 Å². The fourth-order valence-corrected chi connectivity index (χ4v) is 1.90. The first-order valence-electron chi connectivity index (χ1n) is 6.64. The standard InChI is InChI=1S/C15H21NO4/c1-11-7-12(9-13(8-11)20-2)10-16-14(17)5-3-4-6-15(18)19/h7-9H,3-6,10H2,1-2H3,(H,16,17)(H,18,19). The van der Waals surface area contributed by atoms with Crippen molar-refractivity contribution < 1.29 is 19.4 Å². The first-order chi connectivity index (χ1) is 9.51. The number of nitrogens with one attached hydrogen (secondary N) is 1. The third-order valence-electron chi connectivity index (χ3n) is 2.88. The molecule has 0 atom stereocenters. The predicted molar refractivity (Wildman–Crippen MR) is 75.7 cm³/mol. The summed E-state index contributed by atoms with van der Waals surface area (Å²) >= 11 is 0. The van der Waals surface area contributed by atoms with E-state index in [0.717, 1.165) is 16.9 Å². The Hall–Kier alpha value is -2.04. The molecule has 0 radical (unpaired) electrons. The van der Waals surface area contributed by atoms with Gasteiger partial charge in [-0.05, 0) is 43.0 Å². The normalized spacial score (nSPS) is 10.1. The highest BCUT2D eigenvalue weighted by Gasteiger charge is 2.04. The molecule has 0 saturated heterocycles. The molecule has 0 heterocycles. The van der Waals surface area contributed by atoms with Gasteiger partial charge in [-0.3, -0.25) is 9.59 Å². The molecule has 1 aromatic carbocycles. The molecule has 2 N–H and O–H groups in total. The van der Waals surface area contributed by atoms with Gasteiger partial charge in [-0.1, -0.05) is 6.07 Å². The summed E-state index contributed by atoms with van der Waals surface area (Å²) in [5, 5.41) is 11.3. The number of ether oxygens (including phenoxy) is 1. The fraction of sp³-hybridized carbons (Fsp3) is 0.467. The van der Waals surface area contributed by atoms with Gasteiger partial charge in [0.2, 0.25) is 5.91 Å². The smallest absolute Gasteiger partial charge is 0.303 e. The van der Waals surface area contributed by atoms with Gasteiger partial charge in [0, 0.05) is 19.4 Å². The lowest BCUT2D eigenvalue weighted by Gasteiger charge is -2.08. The lowest BCUT2D eigenvalue weighted by molar-refractivity contribution is -0.137. The van der Waals surface area contributed by atoms with Crippen molar-refractivity contribution in [2.75, 3.05) is 7.11 Å². The highest BCUT2D eigenvalue weighted by molar-refractivity contribution is 5.75. The molecule has 1 amide bonds. The Kier molecular flexibility index (Phi) is 6.56. The van der Waals surface area contributed by atoms with Gasteiger partial charge in [-0.15, -0.1) is 0 Å². The molecule has 20 heavy (non-hydrogen) atoms. The topological polar surface area (TPSA) is 75.6 Å². The fourth-order valence-electron chi connectivity index (χ4n) is 1.90. The number of unbranched alkanes of at least 4 members (excludes halogenated alkanes) is 1. The predicted octanol–water partition coefficient (Wildman–Crippen LogP) is 2.26. The minimum Gasteiger partial charge on any atom is -0.497 e. The lowest BCUT2D eigenvalue weighted by atomic mass is 10.1. The second kappa shape index (κ2) is 8.19. The molecule has 1 aromatic rings. The van der Waals surface area contributed by atoms with Crippen LogP contribution in [0, 0.1) is 6.92 Å². The first-order valence-corrected chi connectivity index (χ1v) is 6.64. The van der Waals surface area contributed by atoms with E-state index >= 15 is 0 Å². The minimum absolute atomic E-state index is 0.0594. The second-order valence-electron chi connectivity index (χ2n) is 4.74. The molecule has 5 nitrogen and oxygen atoms in total. The van der Waals surface area contributed by atoms with E-state index in [1.807, 2.05) is 25.1 Å². The van der Waals surface area contributed by atoms with Crippen LogP contribution in [0.3, 0.4) is 0 Å². The van der Waals surface area contributed by atoms with Gasteiger partial charge >= 0.3 is 5.97 Å². The van der Waals surface area contributed by atoms with E-state index in [0.29, 0.717) is 25.8 Å². The van der Waals surface area contributed by atoms with Crippen LogP contribution in [-0.2, 0) is 16.1 Å². The summed E-state index contributed by atoms with van der Waals surface area (Å²) in [6, 6.07) is 5.81. The van der Waals surface area contributed by atoms with E-state index < -0.39 is 5.97 Å². The SMILES string of the molecule is COc1cc(C)cc(CNC(=O)CCCCC(=O)O)c1. The van der Waals surface area contributed by atoms with E-state index in [2.05, 4.69) is 5.32 Å². The molecule has 0 bridgehead atoms. The summed E-state index contributed by atoms with van der Waals surface area (Å²) in [6.07, 6.45) is 1.59. The van der Waals surface area contributed by atoms with E-state index in [9.17, 15) is 9.59 Å².